The molecule has 2 fully saturated rings. The Bertz CT molecular complexity index is 183. The predicted octanol–water partition coefficient (Wildman–Crippen LogP) is 3.19. The van der Waals surface area contributed by atoms with Gasteiger partial charge in [0.1, 0.15) is 0 Å². The lowest BCUT2D eigenvalue weighted by Crippen LogP contribution is -2.57. The minimum Gasteiger partial charge on any atom is -0.309 e. The molecular formula is C12H23NS. The molecule has 14 heavy (non-hydrogen) atoms. The number of nitrogens with one attached hydrogen (secondary N) is 1. The van der Waals surface area contributed by atoms with E-state index in [0.29, 0.717) is 4.75 Å². The Hall–Kier alpha value is 0.310. The van der Waals surface area contributed by atoms with Crippen LogP contribution in [0, 0.1) is 0 Å². The van der Waals surface area contributed by atoms with Crippen molar-refractivity contribution in [2.45, 2.75) is 69.2 Å². The van der Waals surface area contributed by atoms with Crippen LogP contribution in [-0.4, -0.2) is 22.6 Å². The maximum absolute atomic E-state index is 3.86. The van der Waals surface area contributed by atoms with Crippen LogP contribution in [0.15, 0.2) is 0 Å². The van der Waals surface area contributed by atoms with Crippen molar-refractivity contribution in [2.24, 2.45) is 0 Å². The van der Waals surface area contributed by atoms with Crippen molar-refractivity contribution in [2.75, 3.05) is 5.75 Å². The maximum atomic E-state index is 3.86. The van der Waals surface area contributed by atoms with E-state index in [2.05, 4.69) is 30.9 Å². The monoisotopic (exact) mass is 213 g/mol. The van der Waals surface area contributed by atoms with Gasteiger partial charge in [-0.1, -0.05) is 25.7 Å². The van der Waals surface area contributed by atoms with Crippen molar-refractivity contribution in [3.05, 3.63) is 0 Å². The van der Waals surface area contributed by atoms with E-state index < -0.39 is 0 Å². The molecule has 1 saturated carbocycles. The summed E-state index contributed by atoms with van der Waals surface area (Å²) in [6.07, 6.45) is 8.63. The topological polar surface area (TPSA) is 12.0 Å². The van der Waals surface area contributed by atoms with Gasteiger partial charge in [-0.25, -0.2) is 0 Å². The Kier molecular flexibility index (Phi) is 3.43. The number of hydrogen-bond acceptors (Lipinski definition) is 2. The average Bonchev–Trinajstić information content (AvgIpc) is 2.41. The van der Waals surface area contributed by atoms with E-state index >= 15 is 0 Å². The van der Waals surface area contributed by atoms with Gasteiger partial charge in [-0.15, -0.1) is 0 Å². The van der Waals surface area contributed by atoms with Crippen LogP contribution >= 0.6 is 11.8 Å². The van der Waals surface area contributed by atoms with Crippen LogP contribution in [0.2, 0.25) is 0 Å². The Labute approximate surface area is 92.4 Å². The van der Waals surface area contributed by atoms with Crippen molar-refractivity contribution in [3.63, 3.8) is 0 Å². The summed E-state index contributed by atoms with van der Waals surface area (Å²) in [6.45, 7) is 4.74. The fourth-order valence-corrected chi connectivity index (χ4v) is 3.64. The standard InChI is InChI=1S/C12H23NS/c1-12(2)11(9-14-12)13-10-7-5-3-4-6-8-10/h10-11,13H,3-9H2,1-2H3. The molecule has 0 spiro atoms. The van der Waals surface area contributed by atoms with E-state index in [-0.39, 0.29) is 0 Å². The summed E-state index contributed by atoms with van der Waals surface area (Å²) in [5.74, 6) is 1.32. The normalized spacial score (nSPS) is 33.4. The van der Waals surface area contributed by atoms with E-state index in [1.807, 2.05) is 0 Å². The number of thioether (sulfide) groups is 1. The lowest BCUT2D eigenvalue weighted by Gasteiger charge is -2.46. The zero-order valence-electron chi connectivity index (χ0n) is 9.51. The summed E-state index contributed by atoms with van der Waals surface area (Å²) < 4.78 is 0.492. The summed E-state index contributed by atoms with van der Waals surface area (Å²) in [4.78, 5) is 0. The zero-order valence-corrected chi connectivity index (χ0v) is 10.3. The fraction of sp³-hybridized carbons (Fsp3) is 1.00. The van der Waals surface area contributed by atoms with Crippen molar-refractivity contribution in [3.8, 4) is 0 Å². The molecular weight excluding hydrogens is 190 g/mol. The second kappa shape index (κ2) is 4.44. The van der Waals surface area contributed by atoms with Crippen LogP contribution in [0.1, 0.15) is 52.4 Å². The quantitative estimate of drug-likeness (QED) is 0.707. The number of rotatable bonds is 2. The van der Waals surface area contributed by atoms with E-state index in [1.54, 1.807) is 0 Å². The second-order valence-electron chi connectivity index (χ2n) is 5.32. The molecule has 1 saturated heterocycles. The van der Waals surface area contributed by atoms with E-state index in [4.69, 9.17) is 0 Å². The van der Waals surface area contributed by atoms with Gasteiger partial charge in [0.15, 0.2) is 0 Å². The molecule has 2 rings (SSSR count). The van der Waals surface area contributed by atoms with Gasteiger partial charge in [-0.2, -0.15) is 11.8 Å². The first-order valence-corrected chi connectivity index (χ1v) is 7.07. The van der Waals surface area contributed by atoms with E-state index in [1.165, 1.54) is 44.3 Å². The molecule has 1 aliphatic carbocycles. The highest BCUT2D eigenvalue weighted by atomic mass is 32.2. The summed E-state index contributed by atoms with van der Waals surface area (Å²) in [6, 6.07) is 1.60. The molecule has 82 valence electrons. The highest BCUT2D eigenvalue weighted by molar-refractivity contribution is 8.02. The second-order valence-corrected chi connectivity index (χ2v) is 7.00. The molecule has 1 heterocycles. The largest absolute Gasteiger partial charge is 0.309 e. The third-order valence-corrected chi connectivity index (χ3v) is 5.28. The molecule has 0 aromatic heterocycles. The summed E-state index contributed by atoms with van der Waals surface area (Å²) >= 11 is 2.10. The Morgan fingerprint density at radius 3 is 2.14 bits per heavy atom. The SMILES string of the molecule is CC1(C)SCC1NC1CCCCCC1. The van der Waals surface area contributed by atoms with Gasteiger partial charge >= 0.3 is 0 Å². The van der Waals surface area contributed by atoms with Gasteiger partial charge in [0.05, 0.1) is 0 Å². The van der Waals surface area contributed by atoms with Crippen LogP contribution in [0.25, 0.3) is 0 Å². The first-order valence-electron chi connectivity index (χ1n) is 6.08. The van der Waals surface area contributed by atoms with E-state index in [0.717, 1.165) is 12.1 Å². The molecule has 0 bridgehead atoms. The highest BCUT2D eigenvalue weighted by Crippen LogP contribution is 2.40. The van der Waals surface area contributed by atoms with Gasteiger partial charge in [0.2, 0.25) is 0 Å². The minimum atomic E-state index is 0.492. The fourth-order valence-electron chi connectivity index (χ4n) is 2.48. The molecule has 0 amide bonds. The molecule has 2 aliphatic rings. The number of hydrogen-bond donors (Lipinski definition) is 1. The van der Waals surface area contributed by atoms with Gasteiger partial charge < -0.3 is 5.32 Å². The van der Waals surface area contributed by atoms with Crippen molar-refractivity contribution in [1.29, 1.82) is 0 Å². The van der Waals surface area contributed by atoms with Gasteiger partial charge in [0, 0.05) is 22.6 Å². The molecule has 1 N–H and O–H groups in total. The molecule has 0 aromatic rings. The zero-order chi connectivity index (χ0) is 10.0. The molecule has 0 aromatic carbocycles. The van der Waals surface area contributed by atoms with Gasteiger partial charge in [-0.3, -0.25) is 0 Å². The molecule has 1 atom stereocenters. The van der Waals surface area contributed by atoms with E-state index in [9.17, 15) is 0 Å². The molecule has 2 heteroatoms. The highest BCUT2D eigenvalue weighted by Gasteiger charge is 2.40. The van der Waals surface area contributed by atoms with Crippen LogP contribution < -0.4 is 5.32 Å². The third-order valence-electron chi connectivity index (χ3n) is 3.75. The molecule has 1 aliphatic heterocycles. The van der Waals surface area contributed by atoms with Gasteiger partial charge in [-0.05, 0) is 26.7 Å². The molecule has 0 radical (unpaired) electrons. The van der Waals surface area contributed by atoms with Crippen LogP contribution in [0.3, 0.4) is 0 Å². The Morgan fingerprint density at radius 2 is 1.71 bits per heavy atom. The Morgan fingerprint density at radius 1 is 1.07 bits per heavy atom. The van der Waals surface area contributed by atoms with Crippen LogP contribution in [-0.2, 0) is 0 Å². The smallest absolute Gasteiger partial charge is 0.0302 e. The molecule has 1 unspecified atom stereocenters. The predicted molar refractivity (Wildman–Crippen MR) is 65.0 cm³/mol. The lowest BCUT2D eigenvalue weighted by atomic mass is 10.00. The van der Waals surface area contributed by atoms with Crippen LogP contribution in [0.5, 0.6) is 0 Å². The minimum absolute atomic E-state index is 0.492. The first-order chi connectivity index (χ1) is 6.68. The third kappa shape index (κ3) is 2.46. The van der Waals surface area contributed by atoms with Gasteiger partial charge in [0.25, 0.3) is 0 Å². The Balaban J connectivity index is 1.78. The molecule has 1 nitrogen and oxygen atoms in total. The maximum Gasteiger partial charge on any atom is 0.0302 e. The first kappa shape index (κ1) is 10.8. The van der Waals surface area contributed by atoms with Crippen molar-refractivity contribution in [1.82, 2.24) is 5.32 Å². The average molecular weight is 213 g/mol. The van der Waals surface area contributed by atoms with Crippen LogP contribution in [0.4, 0.5) is 0 Å². The summed E-state index contributed by atoms with van der Waals surface area (Å²) in [5, 5.41) is 3.86. The summed E-state index contributed by atoms with van der Waals surface area (Å²) in [5.41, 5.74) is 0. The van der Waals surface area contributed by atoms with Crippen molar-refractivity contribution >= 4 is 11.8 Å². The van der Waals surface area contributed by atoms with Crippen molar-refractivity contribution < 1.29 is 0 Å². The summed E-state index contributed by atoms with van der Waals surface area (Å²) in [7, 11) is 0. The lowest BCUT2D eigenvalue weighted by molar-refractivity contribution is 0.355.